The number of carbonyl (C=O) groups is 1. The van der Waals surface area contributed by atoms with Crippen molar-refractivity contribution in [3.63, 3.8) is 0 Å². The fraction of sp³-hybridized carbons (Fsp3) is 0.500. The number of Topliss-reactive ketones (excluding diaryl/α,β-unsaturated/α-hetero) is 1. The fourth-order valence-electron chi connectivity index (χ4n) is 2.99. The molecule has 1 aromatic carbocycles. The van der Waals surface area contributed by atoms with Crippen LogP contribution in [0.3, 0.4) is 0 Å². The van der Waals surface area contributed by atoms with E-state index in [0.717, 1.165) is 24.7 Å². The molecule has 2 fully saturated rings. The molecule has 2 saturated carbocycles. The maximum atomic E-state index is 13.5. The van der Waals surface area contributed by atoms with Gasteiger partial charge in [0.15, 0.2) is 0 Å². The van der Waals surface area contributed by atoms with Crippen LogP contribution < -0.4 is 0 Å². The van der Waals surface area contributed by atoms with E-state index in [2.05, 4.69) is 0 Å². The van der Waals surface area contributed by atoms with Crippen molar-refractivity contribution in [3.8, 4) is 0 Å². The Bertz CT molecular complexity index is 461. The van der Waals surface area contributed by atoms with Crippen LogP contribution in [0.2, 0.25) is 5.02 Å². The quantitative estimate of drug-likeness (QED) is 0.803. The summed E-state index contributed by atoms with van der Waals surface area (Å²) in [7, 11) is 0. The molecule has 3 heteroatoms. The standard InChI is InChI=1S/C14H14ClFO/c15-12-1-2-13(16)10(6-12)7-14(17)11-4-8-3-9(8)5-11/h1-2,6,8-9,11H,3-5,7H2. The molecule has 0 aromatic heterocycles. The highest BCUT2D eigenvalue weighted by molar-refractivity contribution is 6.30. The highest BCUT2D eigenvalue weighted by atomic mass is 35.5. The number of carbonyl (C=O) groups excluding carboxylic acids is 1. The van der Waals surface area contributed by atoms with E-state index >= 15 is 0 Å². The van der Waals surface area contributed by atoms with Crippen LogP contribution in [0, 0.1) is 23.6 Å². The van der Waals surface area contributed by atoms with Crippen LogP contribution in [-0.2, 0) is 11.2 Å². The van der Waals surface area contributed by atoms with Gasteiger partial charge in [-0.05, 0) is 54.9 Å². The molecule has 0 amide bonds. The van der Waals surface area contributed by atoms with Gasteiger partial charge in [-0.1, -0.05) is 11.6 Å². The van der Waals surface area contributed by atoms with Gasteiger partial charge < -0.3 is 0 Å². The van der Waals surface area contributed by atoms with Gasteiger partial charge in [-0.25, -0.2) is 4.39 Å². The van der Waals surface area contributed by atoms with Gasteiger partial charge in [0.1, 0.15) is 11.6 Å². The molecule has 3 rings (SSSR count). The summed E-state index contributed by atoms with van der Waals surface area (Å²) >= 11 is 5.81. The fourth-order valence-corrected chi connectivity index (χ4v) is 3.18. The zero-order valence-electron chi connectivity index (χ0n) is 9.46. The highest BCUT2D eigenvalue weighted by Crippen LogP contribution is 2.54. The molecule has 2 atom stereocenters. The van der Waals surface area contributed by atoms with Crippen LogP contribution in [0.15, 0.2) is 18.2 Å². The third-order valence-corrected chi connectivity index (χ3v) is 4.31. The molecular formula is C14H14ClFO. The summed E-state index contributed by atoms with van der Waals surface area (Å²) in [6, 6.07) is 4.40. The minimum absolute atomic E-state index is 0.164. The van der Waals surface area contributed by atoms with E-state index in [1.807, 2.05) is 0 Å². The van der Waals surface area contributed by atoms with Crippen molar-refractivity contribution >= 4 is 17.4 Å². The molecule has 1 nitrogen and oxygen atoms in total. The molecule has 0 N–H and O–H groups in total. The van der Waals surface area contributed by atoms with E-state index in [9.17, 15) is 9.18 Å². The molecule has 0 radical (unpaired) electrons. The Balaban J connectivity index is 1.69. The largest absolute Gasteiger partial charge is 0.299 e. The summed E-state index contributed by atoms with van der Waals surface area (Å²) < 4.78 is 13.5. The molecule has 1 aromatic rings. The number of hydrogen-bond acceptors (Lipinski definition) is 1. The van der Waals surface area contributed by atoms with Crippen LogP contribution in [-0.4, -0.2) is 5.78 Å². The first-order chi connectivity index (χ1) is 8.13. The van der Waals surface area contributed by atoms with Gasteiger partial charge in [0.25, 0.3) is 0 Å². The Labute approximate surface area is 105 Å². The van der Waals surface area contributed by atoms with Crippen molar-refractivity contribution in [1.29, 1.82) is 0 Å². The summed E-state index contributed by atoms with van der Waals surface area (Å²) in [4.78, 5) is 12.0. The Morgan fingerprint density at radius 3 is 2.71 bits per heavy atom. The molecule has 2 unspecified atom stereocenters. The molecule has 0 bridgehead atoms. The zero-order valence-corrected chi connectivity index (χ0v) is 10.2. The number of fused-ring (bicyclic) bond motifs is 1. The van der Waals surface area contributed by atoms with Crippen molar-refractivity contribution in [2.45, 2.75) is 25.7 Å². The minimum Gasteiger partial charge on any atom is -0.299 e. The SMILES string of the molecule is O=C(Cc1cc(Cl)ccc1F)C1CC2CC2C1. The van der Waals surface area contributed by atoms with Crippen LogP contribution in [0.1, 0.15) is 24.8 Å². The van der Waals surface area contributed by atoms with Gasteiger partial charge in [-0.3, -0.25) is 4.79 Å². The van der Waals surface area contributed by atoms with Crippen LogP contribution in [0.4, 0.5) is 4.39 Å². The molecular weight excluding hydrogens is 239 g/mol. The predicted octanol–water partition coefficient (Wildman–Crippen LogP) is 3.64. The predicted molar refractivity (Wildman–Crippen MR) is 64.4 cm³/mol. The lowest BCUT2D eigenvalue weighted by molar-refractivity contribution is -0.122. The number of ketones is 1. The summed E-state index contributed by atoms with van der Waals surface area (Å²) in [5.74, 6) is 1.59. The lowest BCUT2D eigenvalue weighted by Crippen LogP contribution is -2.16. The number of hydrogen-bond donors (Lipinski definition) is 0. The average molecular weight is 253 g/mol. The normalized spacial score (nSPS) is 30.1. The molecule has 2 aliphatic carbocycles. The highest BCUT2D eigenvalue weighted by Gasteiger charge is 2.47. The first kappa shape index (κ1) is 11.2. The minimum atomic E-state index is -0.328. The van der Waals surface area contributed by atoms with E-state index in [-0.39, 0.29) is 23.9 Å². The average Bonchev–Trinajstić information content (AvgIpc) is 2.91. The van der Waals surface area contributed by atoms with Crippen molar-refractivity contribution in [2.75, 3.05) is 0 Å². The Morgan fingerprint density at radius 2 is 2.00 bits per heavy atom. The third kappa shape index (κ3) is 2.23. The van der Waals surface area contributed by atoms with Gasteiger partial charge in [-0.15, -0.1) is 0 Å². The van der Waals surface area contributed by atoms with Crippen molar-refractivity contribution in [3.05, 3.63) is 34.6 Å². The number of rotatable bonds is 3. The Hall–Kier alpha value is -0.890. The third-order valence-electron chi connectivity index (χ3n) is 4.07. The van der Waals surface area contributed by atoms with E-state index in [4.69, 9.17) is 11.6 Å². The van der Waals surface area contributed by atoms with Gasteiger partial charge in [-0.2, -0.15) is 0 Å². The van der Waals surface area contributed by atoms with Crippen molar-refractivity contribution < 1.29 is 9.18 Å². The first-order valence-corrected chi connectivity index (χ1v) is 6.48. The Morgan fingerprint density at radius 1 is 1.29 bits per heavy atom. The maximum Gasteiger partial charge on any atom is 0.140 e. The first-order valence-electron chi connectivity index (χ1n) is 6.10. The smallest absolute Gasteiger partial charge is 0.140 e. The van der Waals surface area contributed by atoms with Gasteiger partial charge in [0.05, 0.1) is 0 Å². The van der Waals surface area contributed by atoms with E-state index in [0.29, 0.717) is 10.6 Å². The van der Waals surface area contributed by atoms with Crippen LogP contribution in [0.25, 0.3) is 0 Å². The second-order valence-electron chi connectivity index (χ2n) is 5.30. The van der Waals surface area contributed by atoms with Gasteiger partial charge in [0, 0.05) is 17.4 Å². The van der Waals surface area contributed by atoms with Crippen LogP contribution >= 0.6 is 11.6 Å². The van der Waals surface area contributed by atoms with E-state index in [1.165, 1.54) is 18.6 Å². The lowest BCUT2D eigenvalue weighted by Gasteiger charge is -2.11. The molecule has 0 spiro atoms. The Kier molecular flexibility index (Phi) is 2.70. The second-order valence-corrected chi connectivity index (χ2v) is 5.74. The monoisotopic (exact) mass is 252 g/mol. The molecule has 2 aliphatic rings. The summed E-state index contributed by atoms with van der Waals surface area (Å²) in [6.07, 6.45) is 3.53. The van der Waals surface area contributed by atoms with E-state index in [1.54, 1.807) is 6.07 Å². The maximum absolute atomic E-state index is 13.5. The van der Waals surface area contributed by atoms with Crippen molar-refractivity contribution in [2.24, 2.45) is 17.8 Å². The molecule has 0 saturated heterocycles. The molecule has 0 heterocycles. The van der Waals surface area contributed by atoms with Gasteiger partial charge >= 0.3 is 0 Å². The number of halogens is 2. The molecule has 90 valence electrons. The summed E-state index contributed by atoms with van der Waals surface area (Å²) in [5, 5.41) is 0.489. The van der Waals surface area contributed by atoms with Crippen molar-refractivity contribution in [1.82, 2.24) is 0 Å². The zero-order chi connectivity index (χ0) is 12.0. The lowest BCUT2D eigenvalue weighted by atomic mass is 9.93. The van der Waals surface area contributed by atoms with E-state index < -0.39 is 0 Å². The van der Waals surface area contributed by atoms with Gasteiger partial charge in [0.2, 0.25) is 0 Å². The number of benzene rings is 1. The topological polar surface area (TPSA) is 17.1 Å². The molecule has 17 heavy (non-hydrogen) atoms. The summed E-state index contributed by atoms with van der Waals surface area (Å²) in [6.45, 7) is 0. The molecule has 0 aliphatic heterocycles. The van der Waals surface area contributed by atoms with Crippen LogP contribution in [0.5, 0.6) is 0 Å². The summed E-state index contributed by atoms with van der Waals surface area (Å²) in [5.41, 5.74) is 0.433. The second kappa shape index (κ2) is 4.09.